The Hall–Kier alpha value is -10.8. The van der Waals surface area contributed by atoms with Crippen LogP contribution in [0.15, 0.2) is 195 Å². The second kappa shape index (κ2) is 24.5. The van der Waals surface area contributed by atoms with Crippen LogP contribution in [0.5, 0.6) is 0 Å². The number of amides is 2. The summed E-state index contributed by atoms with van der Waals surface area (Å²) in [5.41, 5.74) is 19.6. The van der Waals surface area contributed by atoms with Gasteiger partial charge in [-0.05, 0) is 147 Å². The van der Waals surface area contributed by atoms with E-state index in [0.717, 1.165) is 101 Å². The summed E-state index contributed by atoms with van der Waals surface area (Å²) >= 11 is 2.61. The van der Waals surface area contributed by atoms with E-state index in [1.54, 1.807) is 9.36 Å². The molecule has 0 atom stereocenters. The molecule has 8 bridgehead atoms. The molecule has 0 saturated carbocycles. The number of aromatic amines is 2. The molecule has 13 rings (SSSR count). The third kappa shape index (κ3) is 10.6. The SMILES string of the molecule is C=CC1=C(C)c2cc3[nH]c(cc4nc(cc5[nH]c(cc1n2)c(C)c5CCC(=O)N=c1scc(-c2ccccc2)n1-c1c(C)n(C)n(-c2ccccc2)c1=O)C(CCC(=O)N=c1scc(-c2ccccc2)n1-c1c(C)n(C)n(-c2ccccc2)c1=O)=C4C)c(C)c3C=C. The van der Waals surface area contributed by atoms with Gasteiger partial charge in [0, 0.05) is 70.9 Å². The van der Waals surface area contributed by atoms with Gasteiger partial charge in [0.2, 0.25) is 11.8 Å². The number of carbonyl (C=O) groups is 2. The Labute approximate surface area is 538 Å². The number of nitrogens with zero attached hydrogens (tertiary/aromatic N) is 10. The zero-order chi connectivity index (χ0) is 64.2. The molecule has 0 aliphatic carbocycles. The molecule has 0 spiro atoms. The Morgan fingerprint density at radius 3 is 1.47 bits per heavy atom. The first-order valence-electron chi connectivity index (χ1n) is 30.3. The van der Waals surface area contributed by atoms with Crippen LogP contribution < -0.4 is 20.7 Å². The first-order chi connectivity index (χ1) is 44.5. The molecule has 16 nitrogen and oxygen atoms in total. The number of thiazole rings is 2. The summed E-state index contributed by atoms with van der Waals surface area (Å²) in [4.78, 5) is 87.1. The molecule has 2 aliphatic rings. The summed E-state index contributed by atoms with van der Waals surface area (Å²) in [6.45, 7) is 20.4. The number of nitrogens with one attached hydrogen (secondary N) is 2. The Morgan fingerprint density at radius 2 is 0.957 bits per heavy atom. The predicted molar refractivity (Wildman–Crippen MR) is 371 cm³/mol. The highest BCUT2D eigenvalue weighted by molar-refractivity contribution is 7.07. The van der Waals surface area contributed by atoms with Gasteiger partial charge in [-0.1, -0.05) is 122 Å². The fourth-order valence-corrected chi connectivity index (χ4v) is 14.4. The van der Waals surface area contributed by atoms with Gasteiger partial charge >= 0.3 is 0 Å². The largest absolute Gasteiger partial charge is 0.355 e. The van der Waals surface area contributed by atoms with Crippen molar-refractivity contribution in [2.24, 2.45) is 24.1 Å². The van der Waals surface area contributed by atoms with Crippen molar-refractivity contribution in [1.29, 1.82) is 0 Å². The molecule has 11 aromatic rings. The Bertz CT molecular complexity index is 5380. The number of rotatable bonds is 14. The Balaban J connectivity index is 0.928. The third-order valence-electron chi connectivity index (χ3n) is 17.7. The molecule has 0 fully saturated rings. The molecule has 2 N–H and O–H groups in total. The number of hydrogen-bond donors (Lipinski definition) is 2. The van der Waals surface area contributed by atoms with Crippen LogP contribution in [0.1, 0.15) is 89.5 Å². The average Bonchev–Trinajstić information content (AvgIpc) is 1.61. The maximum absolute atomic E-state index is 14.7. The lowest BCUT2D eigenvalue weighted by Gasteiger charge is -2.08. The number of aromatic nitrogens is 10. The molecule has 0 radical (unpaired) electrons. The lowest BCUT2D eigenvalue weighted by atomic mass is 10.00. The average molecular weight is 1250 g/mol. The molecule has 9 heterocycles. The normalized spacial score (nSPS) is 12.8. The molecular formula is C74H66N12O4S2. The number of benzene rings is 4. The minimum absolute atomic E-state index is 0.0199. The highest BCUT2D eigenvalue weighted by Gasteiger charge is 2.27. The number of allylic oxidation sites excluding steroid dienone is 5. The van der Waals surface area contributed by atoms with E-state index in [0.29, 0.717) is 55.1 Å². The zero-order valence-electron chi connectivity index (χ0n) is 52.3. The fraction of sp³-hybridized carbons (Fsp3) is 0.162. The lowest BCUT2D eigenvalue weighted by molar-refractivity contribution is -0.118. The van der Waals surface area contributed by atoms with Gasteiger partial charge in [0.1, 0.15) is 11.4 Å². The van der Waals surface area contributed by atoms with E-state index in [-0.39, 0.29) is 48.6 Å². The van der Waals surface area contributed by atoms with E-state index in [1.165, 1.54) is 22.7 Å². The van der Waals surface area contributed by atoms with Crippen LogP contribution in [0.2, 0.25) is 0 Å². The molecular weight excluding hydrogens is 1190 g/mol. The summed E-state index contributed by atoms with van der Waals surface area (Å²) in [5.74, 6) is -0.745. The molecule has 92 heavy (non-hydrogen) atoms. The third-order valence-corrected chi connectivity index (χ3v) is 19.4. The second-order valence-electron chi connectivity index (χ2n) is 23.0. The quantitative estimate of drug-likeness (QED) is 0.109. The van der Waals surface area contributed by atoms with Gasteiger partial charge in [-0.15, -0.1) is 22.7 Å². The topological polar surface area (TPSA) is 180 Å². The predicted octanol–water partition coefficient (Wildman–Crippen LogP) is 14.2. The van der Waals surface area contributed by atoms with Crippen molar-refractivity contribution >= 4 is 84.9 Å². The van der Waals surface area contributed by atoms with Crippen molar-refractivity contribution in [2.75, 3.05) is 0 Å². The highest BCUT2D eigenvalue weighted by atomic mass is 32.1. The Kier molecular flexibility index (Phi) is 16.0. The molecule has 2 amide bonds. The van der Waals surface area contributed by atoms with Crippen molar-refractivity contribution in [3.8, 4) is 45.3 Å². The van der Waals surface area contributed by atoms with E-state index < -0.39 is 0 Å². The smallest absolute Gasteiger partial charge is 0.296 e. The summed E-state index contributed by atoms with van der Waals surface area (Å²) in [7, 11) is 3.71. The van der Waals surface area contributed by atoms with Crippen molar-refractivity contribution < 1.29 is 9.59 Å². The number of aryl methyl sites for hydroxylation is 3. The second-order valence-corrected chi connectivity index (χ2v) is 24.7. The molecule has 458 valence electrons. The minimum atomic E-state index is -0.374. The standard InChI is InChI=1S/C74H66N12O4S2/c1-11-53-43(3)57-37-58-45(5)55(33-35-67(87)79-73-83(65(41-91-73)49-25-17-13-18-26-49)69-47(7)81(9)85(71(69)89)51-29-21-15-22-30-51)63(77-58)40-64-56(46(6)60(78-64)39-62-54(12-2)44(4)59(76-62)38-61(53)75-57)34-36-68(88)80-74-84(66(42-92-74)50-27-19-14-20-28-50)70-48(8)82(10)86(72(70)90)52-31-23-16-24-32-52/h11-32,37-42,75,78H,1-2,33-36H2,3-10H3. The van der Waals surface area contributed by atoms with Crippen LogP contribution in [0.3, 0.4) is 0 Å². The van der Waals surface area contributed by atoms with Crippen LogP contribution in [-0.2, 0) is 30.1 Å². The molecule has 2 aliphatic heterocycles. The van der Waals surface area contributed by atoms with Crippen molar-refractivity contribution in [3.05, 3.63) is 262 Å². The number of H-pyrrole nitrogens is 2. The van der Waals surface area contributed by atoms with Crippen LogP contribution in [0, 0.1) is 27.7 Å². The van der Waals surface area contributed by atoms with Gasteiger partial charge in [0.15, 0.2) is 9.60 Å². The van der Waals surface area contributed by atoms with Crippen LogP contribution in [-0.4, -0.2) is 59.6 Å². The number of carbonyl (C=O) groups excluding carboxylic acids is 2. The number of hydrogen-bond acceptors (Lipinski definition) is 8. The maximum atomic E-state index is 14.7. The molecule has 18 heteroatoms. The molecule has 4 aromatic carbocycles. The van der Waals surface area contributed by atoms with E-state index in [1.807, 2.05) is 236 Å². The van der Waals surface area contributed by atoms with Gasteiger partial charge in [0.25, 0.3) is 11.1 Å². The first kappa shape index (κ1) is 60.1. The van der Waals surface area contributed by atoms with E-state index >= 15 is 0 Å². The van der Waals surface area contributed by atoms with Crippen LogP contribution in [0.4, 0.5) is 0 Å². The van der Waals surface area contributed by atoms with Crippen LogP contribution >= 0.6 is 22.7 Å². The summed E-state index contributed by atoms with van der Waals surface area (Å²) < 4.78 is 10.5. The van der Waals surface area contributed by atoms with E-state index in [9.17, 15) is 19.2 Å². The van der Waals surface area contributed by atoms with Gasteiger partial charge < -0.3 is 9.97 Å². The number of para-hydroxylation sites is 2. The molecule has 0 unspecified atom stereocenters. The van der Waals surface area contributed by atoms with Crippen molar-refractivity contribution in [2.45, 2.75) is 67.2 Å². The summed E-state index contributed by atoms with van der Waals surface area (Å²) in [6.07, 6.45) is 4.29. The van der Waals surface area contributed by atoms with Gasteiger partial charge in [-0.3, -0.25) is 37.7 Å². The highest BCUT2D eigenvalue weighted by Crippen LogP contribution is 2.37. The molecule has 0 saturated heterocycles. The van der Waals surface area contributed by atoms with Gasteiger partial charge in [0.05, 0.1) is 56.9 Å². The minimum Gasteiger partial charge on any atom is -0.355 e. The monoisotopic (exact) mass is 1250 g/mol. The lowest BCUT2D eigenvalue weighted by Crippen LogP contribution is -2.25. The Morgan fingerprint density at radius 1 is 0.522 bits per heavy atom. The van der Waals surface area contributed by atoms with Crippen LogP contribution in [0.25, 0.3) is 95.7 Å². The van der Waals surface area contributed by atoms with Crippen molar-refractivity contribution in [3.63, 3.8) is 0 Å². The summed E-state index contributed by atoms with van der Waals surface area (Å²) in [6, 6.07) is 46.7. The first-order valence-corrected chi connectivity index (χ1v) is 32.1. The maximum Gasteiger partial charge on any atom is 0.296 e. The van der Waals surface area contributed by atoms with Gasteiger partial charge in [-0.25, -0.2) is 19.3 Å². The van der Waals surface area contributed by atoms with Gasteiger partial charge in [-0.2, -0.15) is 9.98 Å². The van der Waals surface area contributed by atoms with E-state index in [4.69, 9.17) is 20.0 Å². The summed E-state index contributed by atoms with van der Waals surface area (Å²) in [5, 5.41) is 3.88. The number of fused-ring (bicyclic) bond motifs is 8. The van der Waals surface area contributed by atoms with E-state index in [2.05, 4.69) is 30.0 Å². The zero-order valence-corrected chi connectivity index (χ0v) is 54.0. The fourth-order valence-electron chi connectivity index (χ4n) is 12.5. The molecule has 7 aromatic heterocycles. The van der Waals surface area contributed by atoms with Crippen molar-refractivity contribution in [1.82, 2.24) is 47.8 Å².